The number of aliphatic hydroxyl groups is 1. The topological polar surface area (TPSA) is 38.7 Å². The maximum Gasteiger partial charge on any atom is 0.315 e. The second-order valence-electron chi connectivity index (χ2n) is 4.07. The van der Waals surface area contributed by atoms with Crippen LogP contribution in [0.15, 0.2) is 42.7 Å². The van der Waals surface area contributed by atoms with E-state index in [1.165, 1.54) is 0 Å². The highest BCUT2D eigenvalue weighted by atomic mass is 19.3. The molecule has 1 aromatic rings. The molecule has 2 rings (SSSR count). The van der Waals surface area contributed by atoms with Gasteiger partial charge in [0.05, 0.1) is 19.5 Å². The van der Waals surface area contributed by atoms with Gasteiger partial charge in [-0.3, -0.25) is 0 Å². The highest BCUT2D eigenvalue weighted by Crippen LogP contribution is 2.30. The maximum absolute atomic E-state index is 13.5. The lowest BCUT2D eigenvalue weighted by atomic mass is 10.1. The lowest BCUT2D eigenvalue weighted by Crippen LogP contribution is -2.49. The molecule has 0 bridgehead atoms. The molecule has 0 saturated carbocycles. The van der Waals surface area contributed by atoms with Crippen molar-refractivity contribution in [3.8, 4) is 0 Å². The Kier molecular flexibility index (Phi) is 3.93. The predicted octanol–water partition coefficient (Wildman–Crippen LogP) is 2.11. The van der Waals surface area contributed by atoms with Gasteiger partial charge in [0.1, 0.15) is 6.10 Å². The summed E-state index contributed by atoms with van der Waals surface area (Å²) >= 11 is 0. The van der Waals surface area contributed by atoms with Crippen LogP contribution < -0.4 is 0 Å². The van der Waals surface area contributed by atoms with Gasteiger partial charge in [-0.15, -0.1) is 0 Å². The van der Waals surface area contributed by atoms with Crippen LogP contribution in [-0.4, -0.2) is 29.8 Å². The molecule has 0 radical (unpaired) electrons. The molecule has 0 fully saturated rings. The van der Waals surface area contributed by atoms with Crippen molar-refractivity contribution in [3.63, 3.8) is 0 Å². The van der Waals surface area contributed by atoms with Crippen LogP contribution in [0.4, 0.5) is 8.78 Å². The van der Waals surface area contributed by atoms with Crippen molar-refractivity contribution >= 4 is 0 Å². The zero-order valence-electron chi connectivity index (χ0n) is 9.63. The van der Waals surface area contributed by atoms with E-state index in [0.29, 0.717) is 0 Å². The fourth-order valence-corrected chi connectivity index (χ4v) is 1.63. The molecule has 0 unspecified atom stereocenters. The van der Waals surface area contributed by atoms with Crippen LogP contribution in [0.1, 0.15) is 5.56 Å². The largest absolute Gasteiger partial charge is 0.489 e. The molecule has 1 N–H and O–H groups in total. The maximum atomic E-state index is 13.5. The van der Waals surface area contributed by atoms with E-state index in [4.69, 9.17) is 14.6 Å². The Morgan fingerprint density at radius 2 is 2.00 bits per heavy atom. The molecule has 1 aliphatic heterocycles. The van der Waals surface area contributed by atoms with Crippen LogP contribution in [0.5, 0.6) is 0 Å². The van der Waals surface area contributed by atoms with Crippen LogP contribution in [0.2, 0.25) is 0 Å². The monoisotopic (exact) mass is 256 g/mol. The lowest BCUT2D eigenvalue weighted by Gasteiger charge is -2.31. The predicted molar refractivity (Wildman–Crippen MR) is 61.1 cm³/mol. The van der Waals surface area contributed by atoms with Crippen LogP contribution in [-0.2, 0) is 16.1 Å². The normalized spacial score (nSPS) is 25.7. The summed E-state index contributed by atoms with van der Waals surface area (Å²) in [4.78, 5) is 0. The molecule has 1 aliphatic rings. The molecule has 5 heteroatoms. The van der Waals surface area contributed by atoms with Crippen molar-refractivity contribution in [1.82, 2.24) is 0 Å². The minimum atomic E-state index is -3.33. The van der Waals surface area contributed by atoms with Gasteiger partial charge < -0.3 is 14.6 Å². The van der Waals surface area contributed by atoms with Gasteiger partial charge in [0.15, 0.2) is 6.10 Å². The molecule has 0 spiro atoms. The Morgan fingerprint density at radius 3 is 2.72 bits per heavy atom. The highest BCUT2D eigenvalue weighted by molar-refractivity contribution is 5.13. The number of hydrogen-bond donors (Lipinski definition) is 1. The molecular weight excluding hydrogens is 242 g/mol. The Bertz CT molecular complexity index is 406. The van der Waals surface area contributed by atoms with Gasteiger partial charge in [-0.05, 0) is 11.6 Å². The van der Waals surface area contributed by atoms with Crippen LogP contribution >= 0.6 is 0 Å². The number of halogens is 2. The van der Waals surface area contributed by atoms with Crippen molar-refractivity contribution in [2.45, 2.75) is 24.7 Å². The highest BCUT2D eigenvalue weighted by Gasteiger charge is 2.49. The number of hydrogen-bond acceptors (Lipinski definition) is 3. The van der Waals surface area contributed by atoms with Crippen molar-refractivity contribution in [3.05, 3.63) is 48.2 Å². The second-order valence-corrected chi connectivity index (χ2v) is 4.07. The fraction of sp³-hybridized carbons (Fsp3) is 0.385. The SMILES string of the molecule is O[C@@H]1C=CO[C@@H](COCc2ccccc2)C1(F)F. The van der Waals surface area contributed by atoms with E-state index >= 15 is 0 Å². The molecule has 1 heterocycles. The van der Waals surface area contributed by atoms with Crippen LogP contribution in [0.3, 0.4) is 0 Å². The number of ether oxygens (including phenoxy) is 2. The third kappa shape index (κ3) is 2.86. The molecule has 18 heavy (non-hydrogen) atoms. The second kappa shape index (κ2) is 5.46. The first kappa shape index (κ1) is 13.0. The van der Waals surface area contributed by atoms with Gasteiger partial charge >= 0.3 is 5.92 Å². The van der Waals surface area contributed by atoms with Gasteiger partial charge in [-0.2, -0.15) is 8.78 Å². The summed E-state index contributed by atoms with van der Waals surface area (Å²) < 4.78 is 36.9. The first-order valence-corrected chi connectivity index (χ1v) is 5.60. The van der Waals surface area contributed by atoms with Crippen molar-refractivity contribution in [2.75, 3.05) is 6.61 Å². The van der Waals surface area contributed by atoms with E-state index in [1.807, 2.05) is 30.3 Å². The molecule has 1 aromatic carbocycles. The van der Waals surface area contributed by atoms with E-state index in [2.05, 4.69) is 0 Å². The Balaban J connectivity index is 1.85. The van der Waals surface area contributed by atoms with Gasteiger partial charge in [-0.25, -0.2) is 0 Å². The summed E-state index contributed by atoms with van der Waals surface area (Å²) in [6.07, 6.45) is -1.27. The molecule has 0 saturated heterocycles. The summed E-state index contributed by atoms with van der Waals surface area (Å²) in [5, 5.41) is 9.15. The Hall–Kier alpha value is -1.46. The van der Waals surface area contributed by atoms with E-state index in [9.17, 15) is 8.78 Å². The third-order valence-electron chi connectivity index (χ3n) is 2.71. The molecule has 2 atom stereocenters. The van der Waals surface area contributed by atoms with E-state index in [1.54, 1.807) is 0 Å². The third-order valence-corrected chi connectivity index (χ3v) is 2.71. The van der Waals surface area contributed by atoms with Crippen molar-refractivity contribution in [1.29, 1.82) is 0 Å². The number of alkyl halides is 2. The standard InChI is InChI=1S/C13H14F2O3/c14-13(15)11(16)6-7-18-12(13)9-17-8-10-4-2-1-3-5-10/h1-7,11-12,16H,8-9H2/t11-,12+/m1/s1. The van der Waals surface area contributed by atoms with Crippen LogP contribution in [0.25, 0.3) is 0 Å². The molecular formula is C13H14F2O3. The van der Waals surface area contributed by atoms with Crippen molar-refractivity contribution in [2.24, 2.45) is 0 Å². The first-order valence-electron chi connectivity index (χ1n) is 5.60. The average Bonchev–Trinajstić information content (AvgIpc) is 2.36. The zero-order chi connectivity index (χ0) is 13.0. The number of benzene rings is 1. The quantitative estimate of drug-likeness (QED) is 0.896. The minimum Gasteiger partial charge on any atom is -0.489 e. The average molecular weight is 256 g/mol. The summed E-state index contributed by atoms with van der Waals surface area (Å²) in [5.41, 5.74) is 0.896. The lowest BCUT2D eigenvalue weighted by molar-refractivity contribution is -0.192. The summed E-state index contributed by atoms with van der Waals surface area (Å²) in [5.74, 6) is -3.33. The molecule has 0 amide bonds. The molecule has 0 aliphatic carbocycles. The Morgan fingerprint density at radius 1 is 1.28 bits per heavy atom. The summed E-state index contributed by atoms with van der Waals surface area (Å²) in [6.45, 7) is -0.0418. The first-order chi connectivity index (χ1) is 8.60. The minimum absolute atomic E-state index is 0.233. The van der Waals surface area contributed by atoms with Gasteiger partial charge in [0, 0.05) is 0 Å². The Labute approximate surface area is 104 Å². The summed E-state index contributed by atoms with van der Waals surface area (Å²) in [6, 6.07) is 9.24. The smallest absolute Gasteiger partial charge is 0.315 e. The molecule has 98 valence electrons. The van der Waals surface area contributed by atoms with Gasteiger partial charge in [0.25, 0.3) is 0 Å². The van der Waals surface area contributed by atoms with Gasteiger partial charge in [-0.1, -0.05) is 30.3 Å². The number of rotatable bonds is 4. The van der Waals surface area contributed by atoms with Crippen LogP contribution in [0, 0.1) is 0 Å². The summed E-state index contributed by atoms with van der Waals surface area (Å²) in [7, 11) is 0. The van der Waals surface area contributed by atoms with E-state index < -0.39 is 18.1 Å². The number of aliphatic hydroxyl groups excluding tert-OH is 1. The van der Waals surface area contributed by atoms with Gasteiger partial charge in [0.2, 0.25) is 0 Å². The van der Waals surface area contributed by atoms with Crippen molar-refractivity contribution < 1.29 is 23.4 Å². The fourth-order valence-electron chi connectivity index (χ4n) is 1.63. The van der Waals surface area contributed by atoms with E-state index in [-0.39, 0.29) is 13.2 Å². The van der Waals surface area contributed by atoms with E-state index in [0.717, 1.165) is 17.9 Å². The molecule has 3 nitrogen and oxygen atoms in total. The molecule has 0 aromatic heterocycles. The zero-order valence-corrected chi connectivity index (χ0v) is 9.63.